The Hall–Kier alpha value is -2.50. The largest absolute Gasteiger partial charge is 0.497 e. The van der Waals surface area contributed by atoms with Gasteiger partial charge >= 0.3 is 0 Å². The molecule has 1 aliphatic heterocycles. The van der Waals surface area contributed by atoms with E-state index in [0.29, 0.717) is 23.3 Å². The fourth-order valence-corrected chi connectivity index (χ4v) is 6.01. The zero-order valence-electron chi connectivity index (χ0n) is 16.8. The van der Waals surface area contributed by atoms with E-state index in [1.807, 2.05) is 0 Å². The van der Waals surface area contributed by atoms with Gasteiger partial charge in [-0.05, 0) is 31.0 Å². The van der Waals surface area contributed by atoms with E-state index >= 15 is 0 Å². The van der Waals surface area contributed by atoms with E-state index in [1.54, 1.807) is 12.1 Å². The minimum Gasteiger partial charge on any atom is -0.497 e. The molecule has 2 heterocycles. The molecule has 2 aromatic carbocycles. The summed E-state index contributed by atoms with van der Waals surface area (Å²) in [4.78, 5) is 4.14. The quantitative estimate of drug-likeness (QED) is 0.545. The second-order valence-electron chi connectivity index (χ2n) is 6.95. The van der Waals surface area contributed by atoms with Crippen molar-refractivity contribution >= 4 is 31.6 Å². The third-order valence-corrected chi connectivity index (χ3v) is 7.86. The molecular weight excluding hydrogens is 450 g/mol. The molecule has 0 unspecified atom stereocenters. The van der Waals surface area contributed by atoms with Crippen LogP contribution in [0.5, 0.6) is 16.7 Å². The van der Waals surface area contributed by atoms with Crippen LogP contribution in [0.15, 0.2) is 35.2 Å². The normalized spacial score (nSPS) is 15.9. The number of sulfonamides is 1. The van der Waals surface area contributed by atoms with Crippen LogP contribution in [0, 0.1) is 11.6 Å². The number of fused-ring (bicyclic) bond motifs is 1. The molecule has 31 heavy (non-hydrogen) atoms. The van der Waals surface area contributed by atoms with Crippen molar-refractivity contribution in [3.63, 3.8) is 0 Å². The smallest absolute Gasteiger partial charge is 0.274 e. The van der Waals surface area contributed by atoms with Crippen molar-refractivity contribution < 1.29 is 31.4 Å². The van der Waals surface area contributed by atoms with Crippen molar-refractivity contribution in [2.45, 2.75) is 23.8 Å². The molecule has 166 valence electrons. The molecule has 1 saturated heterocycles. The van der Waals surface area contributed by atoms with Gasteiger partial charge in [0, 0.05) is 25.2 Å². The van der Waals surface area contributed by atoms with E-state index in [0.717, 1.165) is 17.4 Å². The molecule has 0 radical (unpaired) electrons. The van der Waals surface area contributed by atoms with E-state index in [9.17, 15) is 17.2 Å². The summed E-state index contributed by atoms with van der Waals surface area (Å²) in [6.07, 6.45) is 0.573. The second-order valence-corrected chi connectivity index (χ2v) is 9.85. The van der Waals surface area contributed by atoms with Crippen LogP contribution in [-0.4, -0.2) is 51.1 Å². The number of halogens is 2. The highest BCUT2D eigenvalue weighted by Crippen LogP contribution is 2.34. The second kappa shape index (κ2) is 8.56. The number of aromatic nitrogens is 1. The molecule has 0 atom stereocenters. The summed E-state index contributed by atoms with van der Waals surface area (Å²) < 4.78 is 71.5. The molecule has 0 spiro atoms. The van der Waals surface area contributed by atoms with E-state index < -0.39 is 21.7 Å². The van der Waals surface area contributed by atoms with Gasteiger partial charge in [-0.3, -0.25) is 0 Å². The number of ether oxygens (including phenoxy) is 3. The minimum absolute atomic E-state index is 0.0393. The Bertz CT molecular complexity index is 1210. The maximum atomic E-state index is 13.9. The van der Waals surface area contributed by atoms with Crippen molar-refractivity contribution in [2.24, 2.45) is 0 Å². The van der Waals surface area contributed by atoms with Gasteiger partial charge in [0.2, 0.25) is 10.0 Å². The molecule has 0 amide bonds. The van der Waals surface area contributed by atoms with Gasteiger partial charge < -0.3 is 14.2 Å². The van der Waals surface area contributed by atoms with E-state index in [2.05, 4.69) is 4.98 Å². The number of benzene rings is 2. The van der Waals surface area contributed by atoms with Crippen LogP contribution in [0.3, 0.4) is 0 Å². The Kier molecular flexibility index (Phi) is 6.00. The van der Waals surface area contributed by atoms with Crippen molar-refractivity contribution in [3.05, 3.63) is 42.0 Å². The van der Waals surface area contributed by atoms with Gasteiger partial charge in [-0.15, -0.1) is 0 Å². The lowest BCUT2D eigenvalue weighted by Gasteiger charge is -2.31. The highest BCUT2D eigenvalue weighted by molar-refractivity contribution is 7.89. The lowest BCUT2D eigenvalue weighted by atomic mass is 10.1. The fraction of sp³-hybridized carbons (Fsp3) is 0.350. The van der Waals surface area contributed by atoms with Crippen LogP contribution in [0.1, 0.15) is 12.8 Å². The molecule has 0 saturated carbocycles. The van der Waals surface area contributed by atoms with E-state index in [-0.39, 0.29) is 40.5 Å². The van der Waals surface area contributed by atoms with Crippen molar-refractivity contribution in [1.82, 2.24) is 9.29 Å². The first-order valence-corrected chi connectivity index (χ1v) is 11.7. The molecule has 0 bridgehead atoms. The summed E-state index contributed by atoms with van der Waals surface area (Å²) in [5.41, 5.74) is 0.0616. The van der Waals surface area contributed by atoms with Gasteiger partial charge in [0.25, 0.3) is 5.19 Å². The van der Waals surface area contributed by atoms with Crippen molar-refractivity contribution in [3.8, 4) is 16.7 Å². The molecule has 0 N–H and O–H groups in total. The molecule has 7 nitrogen and oxygen atoms in total. The minimum atomic E-state index is -3.80. The number of hydrogen-bond acceptors (Lipinski definition) is 7. The third-order valence-electron chi connectivity index (χ3n) is 5.05. The lowest BCUT2D eigenvalue weighted by molar-refractivity contribution is 0.135. The predicted octanol–water partition coefficient (Wildman–Crippen LogP) is 3.82. The first-order chi connectivity index (χ1) is 14.8. The Balaban J connectivity index is 1.47. The molecule has 11 heteroatoms. The molecule has 3 aromatic rings. The first-order valence-electron chi connectivity index (χ1n) is 9.46. The van der Waals surface area contributed by atoms with Gasteiger partial charge in [-0.1, -0.05) is 11.3 Å². The highest BCUT2D eigenvalue weighted by atomic mass is 32.2. The Morgan fingerprint density at radius 3 is 2.52 bits per heavy atom. The maximum absolute atomic E-state index is 13.9. The van der Waals surface area contributed by atoms with E-state index in [1.165, 1.54) is 30.7 Å². The molecule has 4 rings (SSSR count). The third kappa shape index (κ3) is 4.30. The summed E-state index contributed by atoms with van der Waals surface area (Å²) in [7, 11) is -0.924. The number of rotatable bonds is 6. The first kappa shape index (κ1) is 21.7. The Morgan fingerprint density at radius 1 is 1.10 bits per heavy atom. The Labute approximate surface area is 182 Å². The van der Waals surface area contributed by atoms with Crippen LogP contribution < -0.4 is 14.2 Å². The summed E-state index contributed by atoms with van der Waals surface area (Å²) in [5.74, 6) is -0.763. The van der Waals surface area contributed by atoms with Crippen molar-refractivity contribution in [1.29, 1.82) is 0 Å². The number of thiazole rings is 1. The van der Waals surface area contributed by atoms with Gasteiger partial charge in [-0.2, -0.15) is 9.29 Å². The van der Waals surface area contributed by atoms with Gasteiger partial charge in [-0.25, -0.2) is 17.2 Å². The zero-order chi connectivity index (χ0) is 22.2. The SMILES string of the molecule is COc1ccc(OC)c(S(=O)(=O)N2CCC(Oc3nc4c(F)cc(F)cc4s3)CC2)c1. The maximum Gasteiger partial charge on any atom is 0.274 e. The number of hydrogen-bond donors (Lipinski definition) is 0. The van der Waals surface area contributed by atoms with E-state index in [4.69, 9.17) is 14.2 Å². The molecular formula is C20H20F2N2O5S2. The predicted molar refractivity (Wildman–Crippen MR) is 111 cm³/mol. The number of nitrogens with zero attached hydrogens (tertiary/aromatic N) is 2. The van der Waals surface area contributed by atoms with Crippen molar-refractivity contribution in [2.75, 3.05) is 27.3 Å². The summed E-state index contributed by atoms with van der Waals surface area (Å²) in [5, 5.41) is 0.232. The molecule has 1 aromatic heterocycles. The lowest BCUT2D eigenvalue weighted by Crippen LogP contribution is -2.41. The Morgan fingerprint density at radius 2 is 1.84 bits per heavy atom. The highest BCUT2D eigenvalue weighted by Gasteiger charge is 2.33. The van der Waals surface area contributed by atoms with Crippen LogP contribution in [0.4, 0.5) is 8.78 Å². The summed E-state index contributed by atoms with van der Waals surface area (Å²) in [6.45, 7) is 0.475. The standard InChI is InChI=1S/C20H20F2N2O5S2/c1-27-14-3-4-16(28-2)18(11-14)31(25,26)24-7-5-13(6-8-24)29-20-23-19-15(22)9-12(21)10-17(19)30-20/h3-4,9-11,13H,5-8H2,1-2H3. The topological polar surface area (TPSA) is 78.0 Å². The average Bonchev–Trinajstić information content (AvgIpc) is 3.16. The van der Waals surface area contributed by atoms with Crippen LogP contribution in [-0.2, 0) is 10.0 Å². The fourth-order valence-electron chi connectivity index (χ4n) is 3.44. The van der Waals surface area contributed by atoms with Gasteiger partial charge in [0.1, 0.15) is 33.8 Å². The molecule has 0 aliphatic carbocycles. The van der Waals surface area contributed by atoms with Crippen LogP contribution in [0.25, 0.3) is 10.2 Å². The van der Waals surface area contributed by atoms with Crippen LogP contribution >= 0.6 is 11.3 Å². The number of piperidine rings is 1. The molecule has 1 aliphatic rings. The molecule has 1 fully saturated rings. The van der Waals surface area contributed by atoms with Gasteiger partial charge in [0.15, 0.2) is 5.82 Å². The van der Waals surface area contributed by atoms with Crippen LogP contribution in [0.2, 0.25) is 0 Å². The summed E-state index contributed by atoms with van der Waals surface area (Å²) in [6, 6.07) is 6.61. The summed E-state index contributed by atoms with van der Waals surface area (Å²) >= 11 is 1.06. The van der Waals surface area contributed by atoms with Gasteiger partial charge in [0.05, 0.1) is 18.9 Å². The monoisotopic (exact) mass is 470 g/mol. The zero-order valence-corrected chi connectivity index (χ0v) is 18.4. The average molecular weight is 471 g/mol. The number of methoxy groups -OCH3 is 2.